The summed E-state index contributed by atoms with van der Waals surface area (Å²) in [6, 6.07) is 9.95. The second kappa shape index (κ2) is 8.18. The Kier molecular flexibility index (Phi) is 6.18. The Morgan fingerprint density at radius 2 is 2.16 bits per heavy atom. The summed E-state index contributed by atoms with van der Waals surface area (Å²) in [5, 5.41) is 3.97. The molecule has 1 aliphatic rings. The molecule has 1 aromatic rings. The van der Waals surface area contributed by atoms with Gasteiger partial charge in [0.05, 0.1) is 11.7 Å². The first-order valence-electron chi connectivity index (χ1n) is 6.95. The number of benzene rings is 1. The topological polar surface area (TPSA) is 24.8 Å². The van der Waals surface area contributed by atoms with Crippen LogP contribution in [0.4, 0.5) is 0 Å². The van der Waals surface area contributed by atoms with E-state index in [0.717, 1.165) is 31.5 Å². The van der Waals surface area contributed by atoms with Crippen LogP contribution in [0, 0.1) is 0 Å². The molecule has 104 valence electrons. The van der Waals surface area contributed by atoms with Gasteiger partial charge in [0.15, 0.2) is 0 Å². The van der Waals surface area contributed by atoms with Gasteiger partial charge in [-0.3, -0.25) is 4.90 Å². The lowest BCUT2D eigenvalue weighted by Crippen LogP contribution is -2.36. The van der Waals surface area contributed by atoms with E-state index < -0.39 is 0 Å². The number of alkyl halides is 1. The fourth-order valence-electron chi connectivity index (χ4n) is 2.22. The lowest BCUT2D eigenvalue weighted by molar-refractivity contribution is 0.120. The molecule has 2 rings (SSSR count). The summed E-state index contributed by atoms with van der Waals surface area (Å²) < 4.78 is 0. The van der Waals surface area contributed by atoms with Crippen molar-refractivity contribution in [1.82, 2.24) is 4.90 Å². The summed E-state index contributed by atoms with van der Waals surface area (Å²) in [6.07, 6.45) is 6.33. The second-order valence-electron chi connectivity index (χ2n) is 4.80. The van der Waals surface area contributed by atoms with Crippen LogP contribution in [-0.4, -0.2) is 36.3 Å². The van der Waals surface area contributed by atoms with Gasteiger partial charge in [0.1, 0.15) is 6.61 Å². The van der Waals surface area contributed by atoms with Crippen LogP contribution in [-0.2, 0) is 4.84 Å². The lowest BCUT2D eigenvalue weighted by atomic mass is 10.1. The molecule has 1 aliphatic heterocycles. The molecule has 0 N–H and O–H groups in total. The fraction of sp³-hybridized carbons (Fsp3) is 0.533. The van der Waals surface area contributed by atoms with Crippen molar-refractivity contribution in [3.8, 4) is 0 Å². The van der Waals surface area contributed by atoms with E-state index in [2.05, 4.69) is 10.1 Å². The van der Waals surface area contributed by atoms with Crippen molar-refractivity contribution >= 4 is 17.8 Å². The third-order valence-corrected chi connectivity index (χ3v) is 3.78. The maximum absolute atomic E-state index is 6.26. The molecule has 1 heterocycles. The highest BCUT2D eigenvalue weighted by Crippen LogP contribution is 2.19. The average molecular weight is 281 g/mol. The Balaban J connectivity index is 1.58. The highest BCUT2D eigenvalue weighted by atomic mass is 35.5. The van der Waals surface area contributed by atoms with E-state index in [1.54, 1.807) is 6.21 Å². The van der Waals surface area contributed by atoms with Gasteiger partial charge in [0.25, 0.3) is 0 Å². The molecule has 0 spiro atoms. The normalized spacial score (nSPS) is 20.8. The Hall–Kier alpha value is -1.06. The van der Waals surface area contributed by atoms with Crippen LogP contribution in [0.1, 0.15) is 31.2 Å². The number of rotatable bonds is 6. The van der Waals surface area contributed by atoms with Crippen molar-refractivity contribution in [3.63, 3.8) is 0 Å². The minimum atomic E-state index is 0.210. The number of oxime groups is 1. The largest absolute Gasteiger partial charge is 0.396 e. The molecule has 0 bridgehead atoms. The van der Waals surface area contributed by atoms with Gasteiger partial charge < -0.3 is 4.84 Å². The van der Waals surface area contributed by atoms with Crippen molar-refractivity contribution in [1.29, 1.82) is 0 Å². The molecular weight excluding hydrogens is 260 g/mol. The van der Waals surface area contributed by atoms with E-state index in [4.69, 9.17) is 16.4 Å². The van der Waals surface area contributed by atoms with Crippen LogP contribution < -0.4 is 0 Å². The Morgan fingerprint density at radius 3 is 2.95 bits per heavy atom. The van der Waals surface area contributed by atoms with Gasteiger partial charge in [-0.1, -0.05) is 35.5 Å². The Labute approximate surface area is 120 Å². The summed E-state index contributed by atoms with van der Waals surface area (Å²) in [7, 11) is 0. The summed E-state index contributed by atoms with van der Waals surface area (Å²) in [5.74, 6) is 0. The van der Waals surface area contributed by atoms with Crippen molar-refractivity contribution in [3.05, 3.63) is 35.9 Å². The zero-order valence-corrected chi connectivity index (χ0v) is 11.9. The number of likely N-dealkylation sites (tertiary alicyclic amines) is 1. The van der Waals surface area contributed by atoms with E-state index in [1.807, 2.05) is 30.3 Å². The fourth-order valence-corrected chi connectivity index (χ4v) is 2.57. The van der Waals surface area contributed by atoms with E-state index in [-0.39, 0.29) is 5.50 Å². The second-order valence-corrected chi connectivity index (χ2v) is 5.30. The van der Waals surface area contributed by atoms with Crippen LogP contribution in [0.3, 0.4) is 0 Å². The first-order chi connectivity index (χ1) is 9.36. The van der Waals surface area contributed by atoms with Gasteiger partial charge in [0, 0.05) is 6.54 Å². The third kappa shape index (κ3) is 5.21. The van der Waals surface area contributed by atoms with Crippen LogP contribution in [0.2, 0.25) is 0 Å². The molecular formula is C15H21ClN2O. The van der Waals surface area contributed by atoms with Gasteiger partial charge in [-0.25, -0.2) is 0 Å². The first-order valence-corrected chi connectivity index (χ1v) is 7.38. The van der Waals surface area contributed by atoms with E-state index >= 15 is 0 Å². The quantitative estimate of drug-likeness (QED) is 0.262. The Bertz CT molecular complexity index is 383. The third-order valence-electron chi connectivity index (χ3n) is 3.29. The van der Waals surface area contributed by atoms with Crippen LogP contribution in [0.25, 0.3) is 0 Å². The molecule has 0 aliphatic carbocycles. The van der Waals surface area contributed by atoms with Crippen molar-refractivity contribution in [2.45, 2.75) is 31.2 Å². The van der Waals surface area contributed by atoms with E-state index in [9.17, 15) is 0 Å². The smallest absolute Gasteiger partial charge is 0.118 e. The zero-order valence-electron chi connectivity index (χ0n) is 11.2. The van der Waals surface area contributed by atoms with Crippen LogP contribution in [0.5, 0.6) is 0 Å². The minimum Gasteiger partial charge on any atom is -0.396 e. The predicted molar refractivity (Wildman–Crippen MR) is 79.7 cm³/mol. The van der Waals surface area contributed by atoms with Gasteiger partial charge in [-0.05, 0) is 37.8 Å². The molecule has 0 saturated carbocycles. The minimum absolute atomic E-state index is 0.210. The van der Waals surface area contributed by atoms with Gasteiger partial charge >= 0.3 is 0 Å². The number of hydrogen-bond donors (Lipinski definition) is 0. The van der Waals surface area contributed by atoms with Crippen molar-refractivity contribution < 1.29 is 4.84 Å². The molecule has 19 heavy (non-hydrogen) atoms. The molecule has 0 radical (unpaired) electrons. The monoisotopic (exact) mass is 280 g/mol. The summed E-state index contributed by atoms with van der Waals surface area (Å²) in [4.78, 5) is 7.59. The first kappa shape index (κ1) is 14.4. The highest BCUT2D eigenvalue weighted by Gasteiger charge is 2.18. The zero-order chi connectivity index (χ0) is 13.3. The number of nitrogens with zero attached hydrogens (tertiary/aromatic N) is 2. The molecule has 1 fully saturated rings. The summed E-state index contributed by atoms with van der Waals surface area (Å²) >= 11 is 6.26. The molecule has 3 nitrogen and oxygen atoms in total. The number of hydrogen-bond acceptors (Lipinski definition) is 3. The SMILES string of the molecule is ClC1CCCCN1CCCON=Cc1ccccc1. The number of piperidine rings is 1. The molecule has 1 atom stereocenters. The molecule has 1 saturated heterocycles. The molecule has 0 aromatic heterocycles. The highest BCUT2D eigenvalue weighted by molar-refractivity contribution is 6.20. The molecule has 1 aromatic carbocycles. The van der Waals surface area contributed by atoms with E-state index in [0.29, 0.717) is 6.61 Å². The van der Waals surface area contributed by atoms with Gasteiger partial charge in [-0.15, -0.1) is 11.6 Å². The summed E-state index contributed by atoms with van der Waals surface area (Å²) in [5.41, 5.74) is 1.26. The molecule has 1 unspecified atom stereocenters. The van der Waals surface area contributed by atoms with Crippen molar-refractivity contribution in [2.75, 3.05) is 19.7 Å². The maximum atomic E-state index is 6.26. The molecule has 4 heteroatoms. The van der Waals surface area contributed by atoms with Crippen molar-refractivity contribution in [2.24, 2.45) is 5.16 Å². The Morgan fingerprint density at radius 1 is 1.32 bits per heavy atom. The average Bonchev–Trinajstić information content (AvgIpc) is 2.45. The van der Waals surface area contributed by atoms with Gasteiger partial charge in [0.2, 0.25) is 0 Å². The number of halogens is 1. The van der Waals surface area contributed by atoms with E-state index in [1.165, 1.54) is 12.8 Å². The maximum Gasteiger partial charge on any atom is 0.118 e. The van der Waals surface area contributed by atoms with Gasteiger partial charge in [-0.2, -0.15) is 0 Å². The molecule has 0 amide bonds. The standard InChI is InChI=1S/C15H21ClN2O/c16-15-9-4-5-10-18(15)11-6-12-19-17-13-14-7-2-1-3-8-14/h1-3,7-8,13,15H,4-6,9-12H2. The predicted octanol–water partition coefficient (Wildman–Crippen LogP) is 3.48. The lowest BCUT2D eigenvalue weighted by Gasteiger charge is -2.31. The summed E-state index contributed by atoms with van der Waals surface area (Å²) in [6.45, 7) is 2.75. The van der Waals surface area contributed by atoms with Crippen LogP contribution in [0.15, 0.2) is 35.5 Å². The van der Waals surface area contributed by atoms with Crippen LogP contribution >= 0.6 is 11.6 Å².